The van der Waals surface area contributed by atoms with E-state index in [0.717, 1.165) is 0 Å². The molecule has 4 rings (SSSR count). The summed E-state index contributed by atoms with van der Waals surface area (Å²) in [5.41, 5.74) is 0.152. The van der Waals surface area contributed by atoms with Crippen LogP contribution in [0.3, 0.4) is 0 Å². The van der Waals surface area contributed by atoms with E-state index in [-0.39, 0.29) is 37.1 Å². The van der Waals surface area contributed by atoms with Gasteiger partial charge in [-0.1, -0.05) is 36.4 Å². The standard InChI is InChI=1S/C21H19FN2O3/c1-21-12-24(18(25)10-13-6-2-5-9-16(13)22)11-17(21)23-20(27)15-8-4-3-7-14(15)19(21)26/h2-9,17H,10-12H2,1H3,(H,23,27)/t17-,21+/m1/s1. The molecule has 0 bridgehead atoms. The van der Waals surface area contributed by atoms with E-state index < -0.39 is 17.3 Å². The fourth-order valence-corrected chi connectivity index (χ4v) is 3.96. The molecule has 1 saturated heterocycles. The van der Waals surface area contributed by atoms with Gasteiger partial charge in [-0.2, -0.15) is 0 Å². The van der Waals surface area contributed by atoms with Crippen LogP contribution in [-0.2, 0) is 11.2 Å². The van der Waals surface area contributed by atoms with E-state index in [0.29, 0.717) is 16.7 Å². The van der Waals surface area contributed by atoms with Gasteiger partial charge >= 0.3 is 0 Å². The lowest BCUT2D eigenvalue weighted by molar-refractivity contribution is -0.129. The summed E-state index contributed by atoms with van der Waals surface area (Å²) in [5, 5.41) is 2.90. The van der Waals surface area contributed by atoms with Gasteiger partial charge in [-0.3, -0.25) is 14.4 Å². The zero-order chi connectivity index (χ0) is 19.2. The number of amides is 2. The number of Topliss-reactive ketones (excluding diaryl/α,β-unsaturated/α-hetero) is 1. The highest BCUT2D eigenvalue weighted by molar-refractivity contribution is 6.12. The minimum absolute atomic E-state index is 0.0752. The van der Waals surface area contributed by atoms with Crippen LogP contribution in [0.2, 0.25) is 0 Å². The number of nitrogens with zero attached hydrogens (tertiary/aromatic N) is 1. The average Bonchev–Trinajstić information content (AvgIpc) is 2.97. The molecule has 2 amide bonds. The van der Waals surface area contributed by atoms with Crippen LogP contribution in [0.25, 0.3) is 0 Å². The zero-order valence-electron chi connectivity index (χ0n) is 14.9. The van der Waals surface area contributed by atoms with Crippen LogP contribution in [0.1, 0.15) is 33.2 Å². The Hall–Kier alpha value is -3.02. The Morgan fingerprint density at radius 3 is 2.56 bits per heavy atom. The monoisotopic (exact) mass is 366 g/mol. The number of rotatable bonds is 2. The third kappa shape index (κ3) is 2.81. The highest BCUT2D eigenvalue weighted by Gasteiger charge is 2.52. The van der Waals surface area contributed by atoms with Gasteiger partial charge in [0.25, 0.3) is 5.91 Å². The number of likely N-dealkylation sites (tertiary alicyclic amines) is 1. The van der Waals surface area contributed by atoms with Crippen molar-refractivity contribution in [3.63, 3.8) is 0 Å². The average molecular weight is 366 g/mol. The lowest BCUT2D eigenvalue weighted by atomic mass is 9.78. The van der Waals surface area contributed by atoms with Crippen molar-refractivity contribution in [2.24, 2.45) is 5.41 Å². The summed E-state index contributed by atoms with van der Waals surface area (Å²) >= 11 is 0. The van der Waals surface area contributed by atoms with E-state index in [4.69, 9.17) is 0 Å². The van der Waals surface area contributed by atoms with Crippen molar-refractivity contribution < 1.29 is 18.8 Å². The highest BCUT2D eigenvalue weighted by Crippen LogP contribution is 2.37. The molecule has 2 atom stereocenters. The molecule has 0 unspecified atom stereocenters. The van der Waals surface area contributed by atoms with E-state index in [2.05, 4.69) is 5.32 Å². The molecule has 0 spiro atoms. The molecule has 0 aliphatic carbocycles. The van der Waals surface area contributed by atoms with Crippen LogP contribution in [0.15, 0.2) is 48.5 Å². The van der Waals surface area contributed by atoms with Crippen LogP contribution < -0.4 is 5.32 Å². The number of benzene rings is 2. The second kappa shape index (κ2) is 6.30. The molecular formula is C21H19FN2O3. The van der Waals surface area contributed by atoms with Gasteiger partial charge in [0.1, 0.15) is 5.82 Å². The first-order chi connectivity index (χ1) is 12.9. The molecule has 0 radical (unpaired) electrons. The number of carbonyl (C=O) groups excluding carboxylic acids is 3. The predicted molar refractivity (Wildman–Crippen MR) is 96.8 cm³/mol. The topological polar surface area (TPSA) is 66.5 Å². The van der Waals surface area contributed by atoms with Gasteiger partial charge in [0, 0.05) is 18.7 Å². The van der Waals surface area contributed by atoms with Crippen molar-refractivity contribution in [1.82, 2.24) is 10.2 Å². The third-order valence-electron chi connectivity index (χ3n) is 5.58. The first kappa shape index (κ1) is 17.4. The van der Waals surface area contributed by atoms with Gasteiger partial charge in [-0.05, 0) is 24.6 Å². The van der Waals surface area contributed by atoms with Crippen molar-refractivity contribution in [2.45, 2.75) is 19.4 Å². The summed E-state index contributed by atoms with van der Waals surface area (Å²) in [4.78, 5) is 40.0. The van der Waals surface area contributed by atoms with E-state index >= 15 is 0 Å². The highest BCUT2D eigenvalue weighted by atomic mass is 19.1. The molecule has 2 aliphatic rings. The quantitative estimate of drug-likeness (QED) is 0.886. The number of fused-ring (bicyclic) bond motifs is 2. The van der Waals surface area contributed by atoms with Crippen LogP contribution in [0.5, 0.6) is 0 Å². The van der Waals surface area contributed by atoms with Gasteiger partial charge in [0.15, 0.2) is 5.78 Å². The van der Waals surface area contributed by atoms with Crippen molar-refractivity contribution in [3.8, 4) is 0 Å². The Kier molecular flexibility index (Phi) is 4.06. The molecule has 5 nitrogen and oxygen atoms in total. The SMILES string of the molecule is C[C@]12CN(C(=O)Cc3ccccc3F)C[C@H]1NC(=O)c1ccccc1C2=O. The molecule has 0 saturated carbocycles. The van der Waals surface area contributed by atoms with Gasteiger partial charge in [0.05, 0.1) is 23.4 Å². The second-order valence-electron chi connectivity index (χ2n) is 7.36. The van der Waals surface area contributed by atoms with Crippen LogP contribution in [-0.4, -0.2) is 41.6 Å². The molecule has 1 fully saturated rings. The van der Waals surface area contributed by atoms with E-state index in [1.807, 2.05) is 0 Å². The number of halogens is 1. The lowest BCUT2D eigenvalue weighted by Gasteiger charge is -2.26. The van der Waals surface area contributed by atoms with E-state index in [1.165, 1.54) is 6.07 Å². The summed E-state index contributed by atoms with van der Waals surface area (Å²) < 4.78 is 13.9. The van der Waals surface area contributed by atoms with Crippen LogP contribution in [0, 0.1) is 11.2 Å². The van der Waals surface area contributed by atoms with Crippen LogP contribution >= 0.6 is 0 Å². The van der Waals surface area contributed by atoms with Crippen LogP contribution in [0.4, 0.5) is 4.39 Å². The number of hydrogen-bond donors (Lipinski definition) is 1. The second-order valence-corrected chi connectivity index (χ2v) is 7.36. The molecule has 0 aromatic heterocycles. The maximum atomic E-state index is 13.9. The van der Waals surface area contributed by atoms with Gasteiger partial charge in [0.2, 0.25) is 5.91 Å². The number of ketones is 1. The van der Waals surface area contributed by atoms with E-state index in [1.54, 1.807) is 54.3 Å². The first-order valence-corrected chi connectivity index (χ1v) is 8.86. The smallest absolute Gasteiger partial charge is 0.252 e. The minimum atomic E-state index is -0.910. The first-order valence-electron chi connectivity index (χ1n) is 8.86. The summed E-state index contributed by atoms with van der Waals surface area (Å²) in [7, 11) is 0. The van der Waals surface area contributed by atoms with Crippen molar-refractivity contribution >= 4 is 17.6 Å². The largest absolute Gasteiger partial charge is 0.346 e. The molecule has 2 heterocycles. The molecular weight excluding hydrogens is 347 g/mol. The molecule has 2 aromatic carbocycles. The predicted octanol–water partition coefficient (Wildman–Crippen LogP) is 2.21. The molecule has 138 valence electrons. The lowest BCUT2D eigenvalue weighted by Crippen LogP contribution is -2.47. The van der Waals surface area contributed by atoms with Gasteiger partial charge in [-0.25, -0.2) is 4.39 Å². The van der Waals surface area contributed by atoms with Crippen molar-refractivity contribution in [3.05, 3.63) is 71.0 Å². The van der Waals surface area contributed by atoms with Crippen molar-refractivity contribution in [1.29, 1.82) is 0 Å². The molecule has 2 aromatic rings. The van der Waals surface area contributed by atoms with Gasteiger partial charge in [-0.15, -0.1) is 0 Å². The molecule has 2 aliphatic heterocycles. The number of hydrogen-bond acceptors (Lipinski definition) is 3. The normalized spacial score (nSPS) is 24.1. The fraction of sp³-hybridized carbons (Fsp3) is 0.286. The Morgan fingerprint density at radius 2 is 1.81 bits per heavy atom. The summed E-state index contributed by atoms with van der Waals surface area (Å²) in [6, 6.07) is 12.4. The summed E-state index contributed by atoms with van der Waals surface area (Å²) in [6.07, 6.45) is -0.0752. The van der Waals surface area contributed by atoms with Crippen molar-refractivity contribution in [2.75, 3.05) is 13.1 Å². The molecule has 6 heteroatoms. The number of nitrogens with one attached hydrogen (secondary N) is 1. The Labute approximate surface area is 156 Å². The number of carbonyl (C=O) groups is 3. The Morgan fingerprint density at radius 1 is 1.15 bits per heavy atom. The van der Waals surface area contributed by atoms with Gasteiger partial charge < -0.3 is 10.2 Å². The summed E-state index contributed by atoms with van der Waals surface area (Å²) in [6.45, 7) is 2.20. The Balaban J connectivity index is 1.61. The summed E-state index contributed by atoms with van der Waals surface area (Å²) in [5.74, 6) is -1.15. The Bertz CT molecular complexity index is 958. The molecule has 1 N–H and O–H groups in total. The maximum absolute atomic E-state index is 13.9. The third-order valence-corrected chi connectivity index (χ3v) is 5.58. The van der Waals surface area contributed by atoms with E-state index in [9.17, 15) is 18.8 Å². The molecule has 27 heavy (non-hydrogen) atoms. The minimum Gasteiger partial charge on any atom is -0.346 e. The fourth-order valence-electron chi connectivity index (χ4n) is 3.96. The maximum Gasteiger partial charge on any atom is 0.252 e. The zero-order valence-corrected chi connectivity index (χ0v) is 14.9.